The lowest BCUT2D eigenvalue weighted by molar-refractivity contribution is 0.210. The van der Waals surface area contributed by atoms with Crippen LogP contribution < -0.4 is 0 Å². The van der Waals surface area contributed by atoms with Crippen LogP contribution in [0, 0.1) is 5.92 Å². The second-order valence-electron chi connectivity index (χ2n) is 3.40. The maximum absolute atomic E-state index is 9.05. The predicted molar refractivity (Wildman–Crippen MR) is 59.1 cm³/mol. The van der Waals surface area contributed by atoms with E-state index in [4.69, 9.17) is 10.2 Å². The van der Waals surface area contributed by atoms with E-state index < -0.39 is 0 Å². The highest BCUT2D eigenvalue weighted by Crippen LogP contribution is 2.15. The average molecular weight is 206 g/mol. The summed E-state index contributed by atoms with van der Waals surface area (Å²) in [5, 5.41) is 17.6. The van der Waals surface area contributed by atoms with Crippen LogP contribution in [0.15, 0.2) is 0 Å². The first-order valence-electron chi connectivity index (χ1n) is 5.05. The predicted octanol–water partition coefficient (Wildman–Crippen LogP) is 1.90. The van der Waals surface area contributed by atoms with E-state index in [2.05, 4.69) is 6.26 Å². The van der Waals surface area contributed by atoms with Crippen LogP contribution in [0.25, 0.3) is 0 Å². The molecule has 13 heavy (non-hydrogen) atoms. The van der Waals surface area contributed by atoms with Gasteiger partial charge in [-0.15, -0.1) is 0 Å². The zero-order valence-electron chi connectivity index (χ0n) is 8.54. The first-order chi connectivity index (χ1) is 6.35. The molecule has 0 fully saturated rings. The second-order valence-corrected chi connectivity index (χ2v) is 4.39. The van der Waals surface area contributed by atoms with E-state index in [0.29, 0.717) is 19.1 Å². The van der Waals surface area contributed by atoms with Crippen LogP contribution in [0.3, 0.4) is 0 Å². The number of aliphatic hydroxyl groups is 2. The highest BCUT2D eigenvalue weighted by Gasteiger charge is 2.05. The lowest BCUT2D eigenvalue weighted by Crippen LogP contribution is -2.07. The third kappa shape index (κ3) is 8.60. The number of hydrogen-bond acceptors (Lipinski definition) is 3. The Bertz CT molecular complexity index is 98.9. The molecule has 3 heteroatoms. The summed E-state index contributed by atoms with van der Waals surface area (Å²) in [6.45, 7) is 0.619. The summed E-state index contributed by atoms with van der Waals surface area (Å²) in [6.07, 6.45) is 7.46. The van der Waals surface area contributed by atoms with Gasteiger partial charge in [0.1, 0.15) is 0 Å². The zero-order valence-corrected chi connectivity index (χ0v) is 9.35. The van der Waals surface area contributed by atoms with Crippen LogP contribution in [0.1, 0.15) is 32.1 Å². The molecule has 0 heterocycles. The Hall–Kier alpha value is 0.270. The van der Waals surface area contributed by atoms with Crippen molar-refractivity contribution < 1.29 is 10.2 Å². The molecule has 0 saturated heterocycles. The lowest BCUT2D eigenvalue weighted by Gasteiger charge is -2.12. The molecular formula is C10H22O2S. The maximum Gasteiger partial charge on any atom is 0.0459 e. The first-order valence-corrected chi connectivity index (χ1v) is 6.45. The molecule has 0 aromatic rings. The van der Waals surface area contributed by atoms with Crippen molar-refractivity contribution in [3.63, 3.8) is 0 Å². The fraction of sp³-hybridized carbons (Fsp3) is 1.00. The quantitative estimate of drug-likeness (QED) is 0.566. The molecule has 0 radical (unpaired) electrons. The van der Waals surface area contributed by atoms with Crippen LogP contribution in [0.5, 0.6) is 0 Å². The van der Waals surface area contributed by atoms with Crippen LogP contribution in [-0.4, -0.2) is 35.4 Å². The molecule has 80 valence electrons. The topological polar surface area (TPSA) is 40.5 Å². The van der Waals surface area contributed by atoms with E-state index >= 15 is 0 Å². The van der Waals surface area contributed by atoms with Gasteiger partial charge in [0.15, 0.2) is 0 Å². The molecule has 0 unspecified atom stereocenters. The van der Waals surface area contributed by atoms with Gasteiger partial charge in [0.05, 0.1) is 0 Å². The van der Waals surface area contributed by atoms with Gasteiger partial charge in [-0.3, -0.25) is 0 Å². The second kappa shape index (κ2) is 10.4. The van der Waals surface area contributed by atoms with Gasteiger partial charge >= 0.3 is 0 Å². The fourth-order valence-corrected chi connectivity index (χ4v) is 1.90. The third-order valence-electron chi connectivity index (χ3n) is 2.26. The maximum atomic E-state index is 9.05. The molecule has 0 aliphatic rings. The summed E-state index contributed by atoms with van der Waals surface area (Å²) in [5.41, 5.74) is 0. The van der Waals surface area contributed by atoms with Crippen molar-refractivity contribution in [1.82, 2.24) is 0 Å². The summed E-state index contributed by atoms with van der Waals surface area (Å²) in [6, 6.07) is 0. The van der Waals surface area contributed by atoms with E-state index in [9.17, 15) is 0 Å². The molecule has 0 aromatic heterocycles. The van der Waals surface area contributed by atoms with E-state index in [1.165, 1.54) is 0 Å². The Morgan fingerprint density at radius 1 is 1.08 bits per heavy atom. The highest BCUT2D eigenvalue weighted by molar-refractivity contribution is 7.98. The number of thioether (sulfide) groups is 1. The van der Waals surface area contributed by atoms with Crippen LogP contribution in [-0.2, 0) is 0 Å². The Labute approximate surface area is 85.7 Å². The molecule has 1 atom stereocenters. The third-order valence-corrected chi connectivity index (χ3v) is 2.90. The van der Waals surface area contributed by atoms with Gasteiger partial charge in [-0.1, -0.05) is 12.8 Å². The Kier molecular flexibility index (Phi) is 10.6. The Balaban J connectivity index is 3.25. The zero-order chi connectivity index (χ0) is 9.94. The van der Waals surface area contributed by atoms with E-state index in [1.807, 2.05) is 11.8 Å². The summed E-state index contributed by atoms with van der Waals surface area (Å²) < 4.78 is 0. The van der Waals surface area contributed by atoms with Crippen LogP contribution in [0.4, 0.5) is 0 Å². The SMILES string of the molecule is CSCC[C@@H](CO)CCCCCO. The van der Waals surface area contributed by atoms with Crippen LogP contribution in [0.2, 0.25) is 0 Å². The van der Waals surface area contributed by atoms with E-state index in [1.54, 1.807) is 0 Å². The number of hydrogen-bond donors (Lipinski definition) is 2. The van der Waals surface area contributed by atoms with Crippen molar-refractivity contribution in [1.29, 1.82) is 0 Å². The lowest BCUT2D eigenvalue weighted by atomic mass is 10.00. The molecule has 0 amide bonds. The molecule has 0 rings (SSSR count). The van der Waals surface area contributed by atoms with Crippen molar-refractivity contribution in [3.8, 4) is 0 Å². The monoisotopic (exact) mass is 206 g/mol. The number of unbranched alkanes of at least 4 members (excludes halogenated alkanes) is 2. The van der Waals surface area contributed by atoms with Gasteiger partial charge in [-0.2, -0.15) is 11.8 Å². The fourth-order valence-electron chi connectivity index (χ4n) is 1.33. The normalized spacial score (nSPS) is 13.2. The highest BCUT2D eigenvalue weighted by atomic mass is 32.2. The van der Waals surface area contributed by atoms with Crippen molar-refractivity contribution in [2.45, 2.75) is 32.1 Å². The van der Waals surface area contributed by atoms with Crippen molar-refractivity contribution >= 4 is 11.8 Å². The first kappa shape index (κ1) is 13.3. The standard InChI is InChI=1S/C10H22O2S/c1-13-8-6-10(9-12)5-3-2-4-7-11/h10-12H,2-9H2,1H3/t10-/m0/s1. The van der Waals surface area contributed by atoms with Crippen LogP contribution >= 0.6 is 11.8 Å². The van der Waals surface area contributed by atoms with Crippen molar-refractivity contribution in [3.05, 3.63) is 0 Å². The van der Waals surface area contributed by atoms with Crippen molar-refractivity contribution in [2.24, 2.45) is 5.92 Å². The Morgan fingerprint density at radius 3 is 2.38 bits per heavy atom. The van der Waals surface area contributed by atoms with Crippen molar-refractivity contribution in [2.75, 3.05) is 25.2 Å². The average Bonchev–Trinajstić information content (AvgIpc) is 2.17. The molecule has 0 aromatic carbocycles. The minimum atomic E-state index is 0.300. The smallest absolute Gasteiger partial charge is 0.0459 e. The summed E-state index contributed by atoms with van der Waals surface area (Å²) >= 11 is 1.84. The minimum Gasteiger partial charge on any atom is -0.396 e. The largest absolute Gasteiger partial charge is 0.396 e. The molecular weight excluding hydrogens is 184 g/mol. The summed E-state index contributed by atoms with van der Waals surface area (Å²) in [7, 11) is 0. The van der Waals surface area contributed by atoms with Gasteiger partial charge in [-0.25, -0.2) is 0 Å². The van der Waals surface area contributed by atoms with Gasteiger partial charge in [0.25, 0.3) is 0 Å². The van der Waals surface area contributed by atoms with Gasteiger partial charge in [0, 0.05) is 13.2 Å². The number of aliphatic hydroxyl groups excluding tert-OH is 2. The molecule has 0 spiro atoms. The molecule has 0 saturated carbocycles. The molecule has 0 aliphatic carbocycles. The molecule has 2 N–H and O–H groups in total. The summed E-state index contributed by atoms with van der Waals surface area (Å²) in [4.78, 5) is 0. The van der Waals surface area contributed by atoms with Gasteiger partial charge in [0.2, 0.25) is 0 Å². The summed E-state index contributed by atoms with van der Waals surface area (Å²) in [5.74, 6) is 1.62. The Morgan fingerprint density at radius 2 is 1.85 bits per heavy atom. The molecule has 2 nitrogen and oxygen atoms in total. The molecule has 0 aliphatic heterocycles. The van der Waals surface area contributed by atoms with E-state index in [0.717, 1.165) is 37.9 Å². The molecule has 0 bridgehead atoms. The van der Waals surface area contributed by atoms with Gasteiger partial charge < -0.3 is 10.2 Å². The van der Waals surface area contributed by atoms with Gasteiger partial charge in [-0.05, 0) is 37.2 Å². The number of rotatable bonds is 9. The van der Waals surface area contributed by atoms with E-state index in [-0.39, 0.29) is 0 Å². The minimum absolute atomic E-state index is 0.300.